The zero-order valence-corrected chi connectivity index (χ0v) is 15.2. The molecule has 1 aromatic carbocycles. The van der Waals surface area contributed by atoms with Gasteiger partial charge in [-0.3, -0.25) is 0 Å². The zero-order valence-electron chi connectivity index (χ0n) is 15.2. The Morgan fingerprint density at radius 1 is 1.22 bits per heavy atom. The van der Waals surface area contributed by atoms with Crippen LogP contribution in [0.3, 0.4) is 0 Å². The summed E-state index contributed by atoms with van der Waals surface area (Å²) in [5.74, 6) is 1.99. The second-order valence-corrected chi connectivity index (χ2v) is 6.66. The molecule has 0 radical (unpaired) electrons. The molecular formula is C20H32N3+. The molecule has 1 unspecified atom stereocenters. The van der Waals surface area contributed by atoms with Crippen molar-refractivity contribution in [3.05, 3.63) is 35.4 Å². The normalized spacial score (nSPS) is 24.6. The zero-order chi connectivity index (χ0) is 16.9. The lowest BCUT2D eigenvalue weighted by Crippen LogP contribution is -2.48. The minimum absolute atomic E-state index is 0.180. The number of hydrogen-bond acceptors (Lipinski definition) is 1. The van der Waals surface area contributed by atoms with E-state index in [-0.39, 0.29) is 5.41 Å². The first-order valence-corrected chi connectivity index (χ1v) is 9.09. The molecule has 1 aliphatic heterocycles. The summed E-state index contributed by atoms with van der Waals surface area (Å²) < 4.78 is 2.28. The van der Waals surface area contributed by atoms with Crippen molar-refractivity contribution in [3.8, 4) is 0 Å². The highest BCUT2D eigenvalue weighted by molar-refractivity contribution is 5.98. The number of aliphatic imine (C=N–C) groups is 1. The largest absolute Gasteiger partial charge is 0.322 e. The Kier molecular flexibility index (Phi) is 5.97. The first-order chi connectivity index (χ1) is 11.1. The number of unbranched alkanes of at least 4 members (excludes halogenated alkanes) is 1. The maximum Gasteiger partial charge on any atom is 0.264 e. The summed E-state index contributed by atoms with van der Waals surface area (Å²) in [5, 5.41) is 0. The van der Waals surface area contributed by atoms with E-state index in [0.29, 0.717) is 0 Å². The summed E-state index contributed by atoms with van der Waals surface area (Å²) in [4.78, 5) is 4.60. The van der Waals surface area contributed by atoms with E-state index in [4.69, 9.17) is 5.73 Å². The Morgan fingerprint density at radius 3 is 2.57 bits per heavy atom. The molecule has 0 amide bonds. The van der Waals surface area contributed by atoms with E-state index in [1.54, 1.807) is 0 Å². The summed E-state index contributed by atoms with van der Waals surface area (Å²) in [7, 11) is 1.88. The number of benzene rings is 1. The van der Waals surface area contributed by atoms with Crippen molar-refractivity contribution in [2.45, 2.75) is 64.7 Å². The molecule has 2 N–H and O–H groups in total. The molecule has 1 aliphatic rings. The minimum Gasteiger partial charge on any atom is -0.322 e. The van der Waals surface area contributed by atoms with Crippen molar-refractivity contribution in [1.82, 2.24) is 0 Å². The van der Waals surface area contributed by atoms with Crippen LogP contribution in [0.5, 0.6) is 0 Å². The maximum absolute atomic E-state index is 6.45. The number of hydrogen-bond donors (Lipinski definition) is 1. The van der Waals surface area contributed by atoms with Gasteiger partial charge in [0.05, 0.1) is 19.2 Å². The van der Waals surface area contributed by atoms with Crippen LogP contribution in [0.2, 0.25) is 0 Å². The van der Waals surface area contributed by atoms with Crippen molar-refractivity contribution in [2.75, 3.05) is 13.6 Å². The summed E-state index contributed by atoms with van der Waals surface area (Å²) in [5.41, 5.74) is 9.35. The van der Waals surface area contributed by atoms with Crippen molar-refractivity contribution < 1.29 is 4.58 Å². The van der Waals surface area contributed by atoms with E-state index < -0.39 is 0 Å². The molecule has 0 spiro atoms. The van der Waals surface area contributed by atoms with Crippen LogP contribution in [0.4, 0.5) is 0 Å². The van der Waals surface area contributed by atoms with Gasteiger partial charge in [0, 0.05) is 11.8 Å². The molecule has 0 bridgehead atoms. The number of nitrogens with two attached hydrogens (primary N) is 1. The standard InChI is InChI=1S/C20H31N3/c1-5-8-14-20(7-3)15-23(18(21)11-6-2)19(22-4)16-12-9-10-13-17(16)20/h9-10,12-13,21H,5-8,11,14-15H2,1-4H3/p+1. The van der Waals surface area contributed by atoms with Crippen LogP contribution in [0.15, 0.2) is 29.3 Å². The first-order valence-electron chi connectivity index (χ1n) is 9.09. The second-order valence-electron chi connectivity index (χ2n) is 6.66. The number of amidine groups is 2. The van der Waals surface area contributed by atoms with Crippen LogP contribution in [0.1, 0.15) is 70.4 Å². The van der Waals surface area contributed by atoms with Gasteiger partial charge in [-0.2, -0.15) is 0 Å². The molecule has 23 heavy (non-hydrogen) atoms. The Bertz CT molecular complexity index is 601. The third-order valence-corrected chi connectivity index (χ3v) is 5.21. The van der Waals surface area contributed by atoms with Crippen LogP contribution < -0.4 is 5.73 Å². The summed E-state index contributed by atoms with van der Waals surface area (Å²) >= 11 is 0. The fraction of sp³-hybridized carbons (Fsp3) is 0.600. The van der Waals surface area contributed by atoms with E-state index in [0.717, 1.165) is 37.5 Å². The third-order valence-electron chi connectivity index (χ3n) is 5.21. The molecule has 3 nitrogen and oxygen atoms in total. The van der Waals surface area contributed by atoms with Crippen molar-refractivity contribution in [2.24, 2.45) is 10.7 Å². The molecule has 1 aromatic rings. The molecule has 126 valence electrons. The molecule has 0 aromatic heterocycles. The lowest BCUT2D eigenvalue weighted by molar-refractivity contribution is -0.428. The van der Waals surface area contributed by atoms with Gasteiger partial charge >= 0.3 is 0 Å². The Labute approximate surface area is 141 Å². The van der Waals surface area contributed by atoms with Gasteiger partial charge in [-0.25, -0.2) is 4.58 Å². The van der Waals surface area contributed by atoms with Gasteiger partial charge in [0.15, 0.2) is 5.84 Å². The van der Waals surface area contributed by atoms with Gasteiger partial charge in [0.1, 0.15) is 0 Å². The molecule has 1 heterocycles. The Balaban J connectivity index is 2.64. The number of nitrogens with zero attached hydrogens (tertiary/aromatic N) is 2. The van der Waals surface area contributed by atoms with E-state index in [2.05, 4.69) is 54.6 Å². The van der Waals surface area contributed by atoms with Gasteiger partial charge < -0.3 is 5.73 Å². The highest BCUT2D eigenvalue weighted by atomic mass is 15.1. The van der Waals surface area contributed by atoms with E-state index >= 15 is 0 Å². The molecule has 0 aliphatic carbocycles. The van der Waals surface area contributed by atoms with Gasteiger partial charge in [-0.1, -0.05) is 51.8 Å². The van der Waals surface area contributed by atoms with Crippen LogP contribution in [-0.2, 0) is 5.41 Å². The van der Waals surface area contributed by atoms with Crippen molar-refractivity contribution >= 4 is 11.7 Å². The molecule has 0 saturated heterocycles. The quantitative estimate of drug-likeness (QED) is 0.624. The average Bonchev–Trinajstić information content (AvgIpc) is 2.59. The predicted octanol–water partition coefficient (Wildman–Crippen LogP) is 4.08. The lowest BCUT2D eigenvalue weighted by atomic mass is 9.70. The fourth-order valence-corrected chi connectivity index (χ4v) is 3.83. The molecule has 0 fully saturated rings. The Morgan fingerprint density at radius 2 is 1.96 bits per heavy atom. The molecular weight excluding hydrogens is 282 g/mol. The van der Waals surface area contributed by atoms with Gasteiger partial charge in [-0.05, 0) is 30.9 Å². The van der Waals surface area contributed by atoms with Gasteiger partial charge in [-0.15, -0.1) is 4.99 Å². The van der Waals surface area contributed by atoms with Crippen molar-refractivity contribution in [1.29, 1.82) is 0 Å². The topological polar surface area (TPSA) is 41.4 Å². The van der Waals surface area contributed by atoms with Crippen LogP contribution in [0.25, 0.3) is 0 Å². The smallest absolute Gasteiger partial charge is 0.264 e. The van der Waals surface area contributed by atoms with Crippen LogP contribution >= 0.6 is 0 Å². The molecule has 1 atom stereocenters. The van der Waals surface area contributed by atoms with Crippen LogP contribution in [0, 0.1) is 0 Å². The average molecular weight is 314 g/mol. The molecule has 3 heteroatoms. The van der Waals surface area contributed by atoms with E-state index in [1.165, 1.54) is 30.4 Å². The summed E-state index contributed by atoms with van der Waals surface area (Å²) in [6.07, 6.45) is 6.82. The third kappa shape index (κ3) is 3.34. The second kappa shape index (κ2) is 7.76. The molecule has 0 saturated carbocycles. The molecule has 2 rings (SSSR count). The Hall–Kier alpha value is -1.64. The maximum atomic E-state index is 6.45. The van der Waals surface area contributed by atoms with E-state index in [1.807, 2.05) is 7.05 Å². The van der Waals surface area contributed by atoms with Crippen LogP contribution in [-0.4, -0.2) is 29.8 Å². The summed E-state index contributed by atoms with van der Waals surface area (Å²) in [6.45, 7) is 7.72. The SMILES string of the molecule is CCCCC1(CC)C[N+](=C(N)CCC)C(=NC)c2ccccc21. The van der Waals surface area contributed by atoms with Gasteiger partial charge in [0.25, 0.3) is 5.84 Å². The lowest BCUT2D eigenvalue weighted by Gasteiger charge is -2.39. The number of fused-ring (bicyclic) bond motifs is 1. The summed E-state index contributed by atoms with van der Waals surface area (Å²) in [6, 6.07) is 8.79. The fourth-order valence-electron chi connectivity index (χ4n) is 3.83. The first kappa shape index (κ1) is 17.7. The van der Waals surface area contributed by atoms with Crippen molar-refractivity contribution in [3.63, 3.8) is 0 Å². The number of rotatable bonds is 6. The highest BCUT2D eigenvalue weighted by Gasteiger charge is 2.42. The highest BCUT2D eigenvalue weighted by Crippen LogP contribution is 2.39. The monoisotopic (exact) mass is 314 g/mol. The van der Waals surface area contributed by atoms with E-state index in [9.17, 15) is 0 Å². The predicted molar refractivity (Wildman–Crippen MR) is 99.6 cm³/mol. The minimum atomic E-state index is 0.180. The van der Waals surface area contributed by atoms with Gasteiger partial charge in [0.2, 0.25) is 0 Å².